The third-order valence-corrected chi connectivity index (χ3v) is 5.36. The van der Waals surface area contributed by atoms with E-state index in [1.807, 2.05) is 11.8 Å². The number of hydrogen-bond acceptors (Lipinski definition) is 5. The number of carbonyl (C=O) groups excluding carboxylic acids is 1. The second-order valence-electron chi connectivity index (χ2n) is 7.46. The van der Waals surface area contributed by atoms with E-state index >= 15 is 0 Å². The molecule has 0 aliphatic carbocycles. The number of amides is 1. The lowest BCUT2D eigenvalue weighted by atomic mass is 10.0. The minimum atomic E-state index is -0.736. The first-order chi connectivity index (χ1) is 14.0. The van der Waals surface area contributed by atoms with Gasteiger partial charge in [-0.3, -0.25) is 9.89 Å². The molecular formula is C21H24FN5O2. The van der Waals surface area contributed by atoms with Crippen LogP contribution < -0.4 is 5.32 Å². The van der Waals surface area contributed by atoms with Gasteiger partial charge in [0.05, 0.1) is 16.6 Å². The second-order valence-corrected chi connectivity index (χ2v) is 7.46. The van der Waals surface area contributed by atoms with Crippen molar-refractivity contribution in [2.24, 2.45) is 0 Å². The highest BCUT2D eigenvalue weighted by Gasteiger charge is 2.27. The molecule has 1 aliphatic heterocycles. The lowest BCUT2D eigenvalue weighted by molar-refractivity contribution is 0.0701. The van der Waals surface area contributed by atoms with Crippen LogP contribution in [0.2, 0.25) is 0 Å². The van der Waals surface area contributed by atoms with Crippen LogP contribution in [0.3, 0.4) is 0 Å². The van der Waals surface area contributed by atoms with Crippen molar-refractivity contribution in [2.75, 3.05) is 19.6 Å². The summed E-state index contributed by atoms with van der Waals surface area (Å²) in [5.41, 5.74) is 2.59. The number of piperazine rings is 1. The molecule has 3 aromatic rings. The molecule has 0 unspecified atom stereocenters. The van der Waals surface area contributed by atoms with Crippen molar-refractivity contribution in [1.29, 1.82) is 0 Å². The summed E-state index contributed by atoms with van der Waals surface area (Å²) in [5.74, 6) is -1.24. The van der Waals surface area contributed by atoms with E-state index in [0.29, 0.717) is 40.9 Å². The van der Waals surface area contributed by atoms with Crippen LogP contribution in [0.25, 0.3) is 22.3 Å². The fraction of sp³-hybridized carbons (Fsp3) is 0.381. The number of fused-ring (bicyclic) bond motifs is 1. The first-order valence-electron chi connectivity index (χ1n) is 9.85. The Balaban J connectivity index is 1.77. The number of nitrogens with zero attached hydrogens (tertiary/aromatic N) is 3. The average molecular weight is 397 g/mol. The monoisotopic (exact) mass is 397 g/mol. The number of aromatic amines is 1. The molecule has 4 rings (SSSR count). The van der Waals surface area contributed by atoms with E-state index in [1.165, 1.54) is 12.1 Å². The van der Waals surface area contributed by atoms with Crippen LogP contribution in [-0.4, -0.2) is 56.8 Å². The molecule has 7 nitrogen and oxygen atoms in total. The largest absolute Gasteiger partial charge is 0.505 e. The number of phenols is 1. The molecule has 1 atom stereocenters. The van der Waals surface area contributed by atoms with Crippen LogP contribution >= 0.6 is 0 Å². The zero-order valence-corrected chi connectivity index (χ0v) is 16.5. The second kappa shape index (κ2) is 7.79. The molecule has 0 spiro atoms. The molecular weight excluding hydrogens is 373 g/mol. The van der Waals surface area contributed by atoms with Crippen LogP contribution in [0, 0.1) is 12.7 Å². The van der Waals surface area contributed by atoms with Gasteiger partial charge in [0.2, 0.25) is 0 Å². The van der Waals surface area contributed by atoms with Gasteiger partial charge in [-0.1, -0.05) is 13.3 Å². The Morgan fingerprint density at radius 1 is 1.38 bits per heavy atom. The number of carbonyl (C=O) groups is 1. The summed E-state index contributed by atoms with van der Waals surface area (Å²) in [5, 5.41) is 20.7. The Morgan fingerprint density at radius 2 is 2.21 bits per heavy atom. The Hall–Kier alpha value is -3.00. The SMILES string of the molecule is CCC[C@@H]1CN(C(=O)c2cc(-c3ccc(O)c(F)c3)nc3n[nH]c(C)c23)CCN1. The summed E-state index contributed by atoms with van der Waals surface area (Å²) >= 11 is 0. The zero-order valence-electron chi connectivity index (χ0n) is 16.5. The Labute approximate surface area is 167 Å². The number of aromatic nitrogens is 3. The fourth-order valence-corrected chi connectivity index (χ4v) is 3.88. The van der Waals surface area contributed by atoms with E-state index < -0.39 is 11.6 Å². The molecule has 2 aromatic heterocycles. The first kappa shape index (κ1) is 19.3. The molecule has 0 saturated carbocycles. The van der Waals surface area contributed by atoms with Gasteiger partial charge in [0, 0.05) is 36.9 Å². The first-order valence-corrected chi connectivity index (χ1v) is 9.85. The maximum atomic E-state index is 13.9. The predicted molar refractivity (Wildman–Crippen MR) is 108 cm³/mol. The highest BCUT2D eigenvalue weighted by molar-refractivity contribution is 6.07. The van der Waals surface area contributed by atoms with Gasteiger partial charge < -0.3 is 15.3 Å². The van der Waals surface area contributed by atoms with Gasteiger partial charge in [0.1, 0.15) is 0 Å². The standard InChI is InChI=1S/C21H24FN5O2/c1-3-4-14-11-27(8-7-23-14)21(29)15-10-17(13-5-6-18(28)16(22)9-13)24-20-19(15)12(2)25-26-20/h5-6,9-10,14,23,28H,3-4,7-8,11H2,1-2H3,(H,24,25,26)/t14-/m1/s1. The molecule has 8 heteroatoms. The molecule has 29 heavy (non-hydrogen) atoms. The van der Waals surface area contributed by atoms with Gasteiger partial charge in [-0.15, -0.1) is 0 Å². The third kappa shape index (κ3) is 3.67. The maximum Gasteiger partial charge on any atom is 0.254 e. The van der Waals surface area contributed by atoms with Crippen molar-refractivity contribution in [1.82, 2.24) is 25.4 Å². The average Bonchev–Trinajstić information content (AvgIpc) is 3.10. The van der Waals surface area contributed by atoms with Crippen LogP contribution in [-0.2, 0) is 0 Å². The molecule has 152 valence electrons. The number of pyridine rings is 1. The molecule has 1 saturated heterocycles. The molecule has 1 aromatic carbocycles. The van der Waals surface area contributed by atoms with E-state index in [-0.39, 0.29) is 11.9 Å². The minimum Gasteiger partial charge on any atom is -0.505 e. The van der Waals surface area contributed by atoms with Crippen molar-refractivity contribution in [2.45, 2.75) is 32.7 Å². The van der Waals surface area contributed by atoms with Crippen molar-refractivity contribution in [3.05, 3.63) is 41.3 Å². The summed E-state index contributed by atoms with van der Waals surface area (Å²) in [6.45, 7) is 6.02. The van der Waals surface area contributed by atoms with Crippen LogP contribution in [0.5, 0.6) is 5.75 Å². The Bertz CT molecular complexity index is 1060. The van der Waals surface area contributed by atoms with Crippen LogP contribution in [0.15, 0.2) is 24.3 Å². The zero-order chi connectivity index (χ0) is 20.5. The highest BCUT2D eigenvalue weighted by atomic mass is 19.1. The number of aromatic hydroxyl groups is 1. The van der Waals surface area contributed by atoms with Gasteiger partial charge in [-0.05, 0) is 37.6 Å². The van der Waals surface area contributed by atoms with Crippen LogP contribution in [0.4, 0.5) is 4.39 Å². The summed E-state index contributed by atoms with van der Waals surface area (Å²) in [4.78, 5) is 19.8. The summed E-state index contributed by atoms with van der Waals surface area (Å²) in [7, 11) is 0. The van der Waals surface area contributed by atoms with Gasteiger partial charge in [0.25, 0.3) is 5.91 Å². The molecule has 3 heterocycles. The molecule has 0 bridgehead atoms. The van der Waals surface area contributed by atoms with E-state index in [4.69, 9.17) is 0 Å². The van der Waals surface area contributed by atoms with Gasteiger partial charge in [-0.25, -0.2) is 9.37 Å². The summed E-state index contributed by atoms with van der Waals surface area (Å²) in [6, 6.07) is 6.03. The quantitative estimate of drug-likeness (QED) is 0.629. The highest BCUT2D eigenvalue weighted by Crippen LogP contribution is 2.29. The predicted octanol–water partition coefficient (Wildman–Crippen LogP) is 2.99. The maximum absolute atomic E-state index is 13.9. The van der Waals surface area contributed by atoms with Crippen LogP contribution in [0.1, 0.15) is 35.8 Å². The fourth-order valence-electron chi connectivity index (χ4n) is 3.88. The number of phenolic OH excluding ortho intramolecular Hbond substituents is 1. The van der Waals surface area contributed by atoms with E-state index in [2.05, 4.69) is 27.4 Å². The molecule has 1 amide bonds. The number of nitrogens with one attached hydrogen (secondary N) is 2. The number of benzene rings is 1. The minimum absolute atomic E-state index is 0.0787. The normalized spacial score (nSPS) is 17.1. The Kier molecular flexibility index (Phi) is 5.19. The number of halogens is 1. The molecule has 1 fully saturated rings. The van der Waals surface area contributed by atoms with E-state index in [9.17, 15) is 14.3 Å². The number of hydrogen-bond donors (Lipinski definition) is 3. The topological polar surface area (TPSA) is 94.1 Å². The van der Waals surface area contributed by atoms with Crippen molar-refractivity contribution in [3.63, 3.8) is 0 Å². The van der Waals surface area contributed by atoms with Crippen molar-refractivity contribution < 1.29 is 14.3 Å². The van der Waals surface area contributed by atoms with Gasteiger partial charge in [-0.2, -0.15) is 5.10 Å². The Morgan fingerprint density at radius 3 is 2.97 bits per heavy atom. The number of H-pyrrole nitrogens is 1. The number of aryl methyl sites for hydroxylation is 1. The summed E-state index contributed by atoms with van der Waals surface area (Å²) < 4.78 is 13.9. The lowest BCUT2D eigenvalue weighted by Crippen LogP contribution is -2.52. The van der Waals surface area contributed by atoms with Gasteiger partial charge >= 0.3 is 0 Å². The lowest BCUT2D eigenvalue weighted by Gasteiger charge is -2.34. The smallest absolute Gasteiger partial charge is 0.254 e. The molecule has 3 N–H and O–H groups in total. The third-order valence-electron chi connectivity index (χ3n) is 5.36. The molecule has 1 aliphatic rings. The van der Waals surface area contributed by atoms with Gasteiger partial charge in [0.15, 0.2) is 17.2 Å². The summed E-state index contributed by atoms with van der Waals surface area (Å²) in [6.07, 6.45) is 2.06. The van der Waals surface area contributed by atoms with E-state index in [1.54, 1.807) is 12.1 Å². The molecule has 0 radical (unpaired) electrons. The van der Waals surface area contributed by atoms with E-state index in [0.717, 1.165) is 25.1 Å². The van der Waals surface area contributed by atoms with Crippen molar-refractivity contribution in [3.8, 4) is 17.0 Å². The number of rotatable bonds is 4. The van der Waals surface area contributed by atoms with Crippen molar-refractivity contribution >= 4 is 16.9 Å².